The molecule has 17 heavy (non-hydrogen) atoms. The Bertz CT molecular complexity index is 331. The second-order valence-electron chi connectivity index (χ2n) is 4.68. The molecule has 0 saturated carbocycles. The lowest BCUT2D eigenvalue weighted by molar-refractivity contribution is 0.142. The average molecular weight is 298 g/mol. The third-order valence-electron chi connectivity index (χ3n) is 3.31. The van der Waals surface area contributed by atoms with E-state index in [1.807, 2.05) is 0 Å². The molecule has 1 heterocycles. The lowest BCUT2D eigenvalue weighted by Crippen LogP contribution is -2.31. The first-order valence-corrected chi connectivity index (χ1v) is 7.14. The highest BCUT2D eigenvalue weighted by atomic mass is 79.9. The van der Waals surface area contributed by atoms with E-state index in [1.54, 1.807) is 0 Å². The summed E-state index contributed by atoms with van der Waals surface area (Å²) in [7, 11) is 0. The van der Waals surface area contributed by atoms with Crippen molar-refractivity contribution in [3.8, 4) is 0 Å². The van der Waals surface area contributed by atoms with Crippen LogP contribution in [0.2, 0.25) is 0 Å². The molecule has 0 amide bonds. The molecule has 1 fully saturated rings. The van der Waals surface area contributed by atoms with Gasteiger partial charge < -0.3 is 10.1 Å². The van der Waals surface area contributed by atoms with Crippen LogP contribution in [0, 0.1) is 0 Å². The third-order valence-corrected chi connectivity index (χ3v) is 3.84. The van der Waals surface area contributed by atoms with Gasteiger partial charge in [0.25, 0.3) is 0 Å². The van der Waals surface area contributed by atoms with Crippen molar-refractivity contribution < 1.29 is 4.74 Å². The predicted octanol–water partition coefficient (Wildman–Crippen LogP) is 3.67. The minimum absolute atomic E-state index is 0.409. The minimum atomic E-state index is 0.409. The van der Waals surface area contributed by atoms with E-state index in [0.717, 1.165) is 24.1 Å². The molecular formula is C14H20BrNO. The molecule has 2 unspecified atom stereocenters. The molecule has 1 N–H and O–H groups in total. The zero-order valence-corrected chi connectivity index (χ0v) is 11.9. The van der Waals surface area contributed by atoms with Crippen LogP contribution >= 0.6 is 15.9 Å². The molecule has 2 rings (SSSR count). The molecule has 0 bridgehead atoms. The van der Waals surface area contributed by atoms with Crippen molar-refractivity contribution >= 4 is 15.9 Å². The SMILES string of the molecule is CC(NC1CCCOCC1)c1ccc(Br)cc1. The van der Waals surface area contributed by atoms with Gasteiger partial charge in [0.15, 0.2) is 0 Å². The monoisotopic (exact) mass is 297 g/mol. The maximum Gasteiger partial charge on any atom is 0.0480 e. The van der Waals surface area contributed by atoms with Gasteiger partial charge in [-0.2, -0.15) is 0 Å². The quantitative estimate of drug-likeness (QED) is 0.919. The topological polar surface area (TPSA) is 21.3 Å². The number of rotatable bonds is 3. The van der Waals surface area contributed by atoms with E-state index >= 15 is 0 Å². The minimum Gasteiger partial charge on any atom is -0.381 e. The van der Waals surface area contributed by atoms with Crippen LogP contribution in [0.5, 0.6) is 0 Å². The van der Waals surface area contributed by atoms with Gasteiger partial charge in [0.1, 0.15) is 0 Å². The summed E-state index contributed by atoms with van der Waals surface area (Å²) in [6.45, 7) is 4.05. The van der Waals surface area contributed by atoms with Gasteiger partial charge in [0, 0.05) is 29.8 Å². The van der Waals surface area contributed by atoms with Crippen LogP contribution in [0.4, 0.5) is 0 Å². The molecule has 1 aromatic carbocycles. The lowest BCUT2D eigenvalue weighted by atomic mass is 10.0. The number of ether oxygens (including phenoxy) is 1. The molecule has 3 heteroatoms. The van der Waals surface area contributed by atoms with E-state index in [4.69, 9.17) is 4.74 Å². The average Bonchev–Trinajstić information content (AvgIpc) is 2.58. The number of nitrogens with one attached hydrogen (secondary N) is 1. The van der Waals surface area contributed by atoms with Gasteiger partial charge in [-0.25, -0.2) is 0 Å². The number of hydrogen-bond acceptors (Lipinski definition) is 2. The molecule has 2 nitrogen and oxygen atoms in total. The molecule has 0 radical (unpaired) electrons. The summed E-state index contributed by atoms with van der Waals surface area (Å²) in [5.41, 5.74) is 1.35. The Labute approximate surface area is 112 Å². The molecule has 1 aromatic rings. The van der Waals surface area contributed by atoms with Crippen LogP contribution in [-0.4, -0.2) is 19.3 Å². The summed E-state index contributed by atoms with van der Waals surface area (Å²) in [5, 5.41) is 3.70. The van der Waals surface area contributed by atoms with Crippen LogP contribution in [0.1, 0.15) is 37.8 Å². The van der Waals surface area contributed by atoms with E-state index in [-0.39, 0.29) is 0 Å². The summed E-state index contributed by atoms with van der Waals surface area (Å²) >= 11 is 3.47. The normalized spacial score (nSPS) is 23.1. The van der Waals surface area contributed by atoms with Crippen molar-refractivity contribution in [2.45, 2.75) is 38.3 Å². The van der Waals surface area contributed by atoms with Gasteiger partial charge in [-0.3, -0.25) is 0 Å². The Balaban J connectivity index is 1.91. The van der Waals surface area contributed by atoms with E-state index in [9.17, 15) is 0 Å². The number of benzene rings is 1. The maximum absolute atomic E-state index is 5.48. The van der Waals surface area contributed by atoms with E-state index in [1.165, 1.54) is 18.4 Å². The first kappa shape index (κ1) is 13.1. The summed E-state index contributed by atoms with van der Waals surface area (Å²) in [5.74, 6) is 0. The molecule has 0 aromatic heterocycles. The molecule has 2 atom stereocenters. The second-order valence-corrected chi connectivity index (χ2v) is 5.60. The van der Waals surface area contributed by atoms with Gasteiger partial charge in [-0.1, -0.05) is 28.1 Å². The summed E-state index contributed by atoms with van der Waals surface area (Å²) < 4.78 is 6.62. The van der Waals surface area contributed by atoms with Gasteiger partial charge in [0.2, 0.25) is 0 Å². The Kier molecular flexibility index (Phi) is 5.01. The molecule has 94 valence electrons. The van der Waals surface area contributed by atoms with Crippen molar-refractivity contribution in [2.24, 2.45) is 0 Å². The highest BCUT2D eigenvalue weighted by molar-refractivity contribution is 9.10. The van der Waals surface area contributed by atoms with Crippen molar-refractivity contribution in [3.63, 3.8) is 0 Å². The number of halogens is 1. The summed E-state index contributed by atoms with van der Waals surface area (Å²) in [6.07, 6.45) is 3.52. The molecule has 0 aliphatic carbocycles. The third kappa shape index (κ3) is 4.09. The molecular weight excluding hydrogens is 278 g/mol. The van der Waals surface area contributed by atoms with Crippen LogP contribution in [0.15, 0.2) is 28.7 Å². The standard InChI is InChI=1S/C14H20BrNO/c1-11(12-4-6-13(15)7-5-12)16-14-3-2-9-17-10-8-14/h4-7,11,14,16H,2-3,8-10H2,1H3. The zero-order valence-electron chi connectivity index (χ0n) is 10.3. The Morgan fingerprint density at radius 1 is 1.24 bits per heavy atom. The summed E-state index contributed by atoms with van der Waals surface area (Å²) in [6, 6.07) is 9.56. The molecule has 1 aliphatic rings. The Morgan fingerprint density at radius 3 is 2.76 bits per heavy atom. The van der Waals surface area contributed by atoms with Crippen molar-refractivity contribution in [3.05, 3.63) is 34.3 Å². The highest BCUT2D eigenvalue weighted by Crippen LogP contribution is 2.19. The second kappa shape index (κ2) is 6.53. The Hall–Kier alpha value is -0.380. The fourth-order valence-electron chi connectivity index (χ4n) is 2.27. The van der Waals surface area contributed by atoms with Crippen molar-refractivity contribution in [1.82, 2.24) is 5.32 Å². The molecule has 1 saturated heterocycles. The predicted molar refractivity (Wildman–Crippen MR) is 74.2 cm³/mol. The van der Waals surface area contributed by atoms with Crippen LogP contribution in [0.3, 0.4) is 0 Å². The first-order valence-electron chi connectivity index (χ1n) is 6.35. The van der Waals surface area contributed by atoms with Gasteiger partial charge in [0.05, 0.1) is 0 Å². The molecule has 0 spiro atoms. The fourth-order valence-corrected chi connectivity index (χ4v) is 2.54. The first-order chi connectivity index (χ1) is 8.25. The van der Waals surface area contributed by atoms with Gasteiger partial charge >= 0.3 is 0 Å². The molecule has 1 aliphatic heterocycles. The zero-order chi connectivity index (χ0) is 12.1. The Morgan fingerprint density at radius 2 is 2.00 bits per heavy atom. The van der Waals surface area contributed by atoms with Crippen molar-refractivity contribution in [1.29, 1.82) is 0 Å². The van der Waals surface area contributed by atoms with E-state index in [2.05, 4.69) is 52.4 Å². The smallest absolute Gasteiger partial charge is 0.0480 e. The van der Waals surface area contributed by atoms with Crippen LogP contribution in [0.25, 0.3) is 0 Å². The number of hydrogen-bond donors (Lipinski definition) is 1. The summed E-state index contributed by atoms with van der Waals surface area (Å²) in [4.78, 5) is 0. The van der Waals surface area contributed by atoms with Gasteiger partial charge in [-0.05, 0) is 43.9 Å². The maximum atomic E-state index is 5.48. The van der Waals surface area contributed by atoms with Crippen molar-refractivity contribution in [2.75, 3.05) is 13.2 Å². The lowest BCUT2D eigenvalue weighted by Gasteiger charge is -2.22. The largest absolute Gasteiger partial charge is 0.381 e. The van der Waals surface area contributed by atoms with E-state index < -0.39 is 0 Å². The van der Waals surface area contributed by atoms with E-state index in [0.29, 0.717) is 12.1 Å². The van der Waals surface area contributed by atoms with Crippen LogP contribution < -0.4 is 5.32 Å². The van der Waals surface area contributed by atoms with Crippen LogP contribution in [-0.2, 0) is 4.74 Å². The highest BCUT2D eigenvalue weighted by Gasteiger charge is 2.15. The van der Waals surface area contributed by atoms with Gasteiger partial charge in [-0.15, -0.1) is 0 Å². The fraction of sp³-hybridized carbons (Fsp3) is 0.571.